The van der Waals surface area contributed by atoms with E-state index in [0.29, 0.717) is 31.4 Å². The number of rotatable bonds is 3. The number of benzene rings is 2. The summed E-state index contributed by atoms with van der Waals surface area (Å²) in [5.41, 5.74) is 0.948. The Labute approximate surface area is 159 Å². The van der Waals surface area contributed by atoms with Crippen LogP contribution < -0.4 is 5.32 Å². The molecule has 1 aliphatic rings. The van der Waals surface area contributed by atoms with Crippen molar-refractivity contribution in [1.29, 1.82) is 0 Å². The summed E-state index contributed by atoms with van der Waals surface area (Å²) in [4.78, 5) is 12.6. The number of phenolic OH excluding ortho intramolecular Hbond substituents is 1. The lowest BCUT2D eigenvalue weighted by Gasteiger charge is -2.35. The number of nitrogens with zero attached hydrogens (tertiary/aromatic N) is 2. The monoisotopic (exact) mass is 387 g/mol. The van der Waals surface area contributed by atoms with E-state index in [1.54, 1.807) is 12.3 Å². The lowest BCUT2D eigenvalue weighted by molar-refractivity contribution is -0.148. The van der Waals surface area contributed by atoms with E-state index in [0.717, 1.165) is 23.1 Å². The van der Waals surface area contributed by atoms with Gasteiger partial charge in [0.15, 0.2) is 17.4 Å². The summed E-state index contributed by atoms with van der Waals surface area (Å²) in [7, 11) is 1.39. The van der Waals surface area contributed by atoms with E-state index >= 15 is 0 Å². The van der Waals surface area contributed by atoms with Crippen LogP contribution >= 0.6 is 0 Å². The summed E-state index contributed by atoms with van der Waals surface area (Å²) in [5.74, 6) is -3.51. The van der Waals surface area contributed by atoms with E-state index in [9.17, 15) is 18.7 Å². The van der Waals surface area contributed by atoms with Gasteiger partial charge in [-0.15, -0.1) is 0 Å². The third-order valence-electron chi connectivity index (χ3n) is 5.39. The highest BCUT2D eigenvalue weighted by molar-refractivity contribution is 5.87. The zero-order chi connectivity index (χ0) is 19.9. The van der Waals surface area contributed by atoms with Gasteiger partial charge in [0, 0.05) is 17.5 Å². The molecule has 8 heteroatoms. The van der Waals surface area contributed by atoms with Crippen molar-refractivity contribution in [3.05, 3.63) is 53.7 Å². The first kappa shape index (κ1) is 18.4. The van der Waals surface area contributed by atoms with Gasteiger partial charge in [0.2, 0.25) is 0 Å². The van der Waals surface area contributed by atoms with Gasteiger partial charge in [0.25, 0.3) is 0 Å². The van der Waals surface area contributed by atoms with Gasteiger partial charge < -0.3 is 15.2 Å². The molecule has 28 heavy (non-hydrogen) atoms. The Bertz CT molecular complexity index is 1040. The van der Waals surface area contributed by atoms with Gasteiger partial charge in [-0.3, -0.25) is 4.79 Å². The Balaban J connectivity index is 1.81. The van der Waals surface area contributed by atoms with Crippen molar-refractivity contribution in [2.75, 3.05) is 20.2 Å². The number of esters is 1. The molecular weight excluding hydrogens is 368 g/mol. The number of fused-ring (bicyclic) bond motifs is 1. The normalized spacial score (nSPS) is 16.2. The van der Waals surface area contributed by atoms with Crippen LogP contribution in [0.15, 0.2) is 36.5 Å². The SMILES string of the molecule is COC(=O)C1(c2ccc3c(cnn3-c3cc(O)c(F)c(F)c3)c2)CCNCC1. The fourth-order valence-electron chi connectivity index (χ4n) is 3.88. The van der Waals surface area contributed by atoms with Crippen LogP contribution in [0.25, 0.3) is 16.6 Å². The molecule has 1 fully saturated rings. The second kappa shape index (κ2) is 6.87. The summed E-state index contributed by atoms with van der Waals surface area (Å²) in [6.45, 7) is 1.42. The maximum absolute atomic E-state index is 13.7. The third-order valence-corrected chi connectivity index (χ3v) is 5.39. The van der Waals surface area contributed by atoms with Gasteiger partial charge in [-0.1, -0.05) is 6.07 Å². The molecule has 1 saturated heterocycles. The smallest absolute Gasteiger partial charge is 0.316 e. The first-order chi connectivity index (χ1) is 13.5. The molecule has 2 aromatic carbocycles. The summed E-state index contributed by atoms with van der Waals surface area (Å²) in [5, 5.41) is 17.8. The van der Waals surface area contributed by atoms with Crippen LogP contribution in [-0.4, -0.2) is 41.1 Å². The van der Waals surface area contributed by atoms with Gasteiger partial charge in [0.05, 0.1) is 29.9 Å². The molecule has 0 aliphatic carbocycles. The second-order valence-corrected chi connectivity index (χ2v) is 6.91. The van der Waals surface area contributed by atoms with Gasteiger partial charge in [-0.25, -0.2) is 9.07 Å². The average Bonchev–Trinajstić information content (AvgIpc) is 3.14. The highest BCUT2D eigenvalue weighted by Gasteiger charge is 2.42. The molecule has 1 aliphatic heterocycles. The van der Waals surface area contributed by atoms with E-state index in [4.69, 9.17) is 4.74 Å². The van der Waals surface area contributed by atoms with Crippen molar-refractivity contribution >= 4 is 16.9 Å². The molecular formula is C20H19F2N3O3. The number of aromatic nitrogens is 2. The first-order valence-corrected chi connectivity index (χ1v) is 8.92. The van der Waals surface area contributed by atoms with Crippen molar-refractivity contribution in [3.63, 3.8) is 0 Å². The molecule has 0 amide bonds. The van der Waals surface area contributed by atoms with Crippen molar-refractivity contribution in [2.24, 2.45) is 0 Å². The van der Waals surface area contributed by atoms with Crippen molar-refractivity contribution < 1.29 is 23.4 Å². The topological polar surface area (TPSA) is 76.4 Å². The molecule has 3 aromatic rings. The highest BCUT2D eigenvalue weighted by atomic mass is 19.2. The second-order valence-electron chi connectivity index (χ2n) is 6.91. The van der Waals surface area contributed by atoms with E-state index in [1.807, 2.05) is 12.1 Å². The number of piperidine rings is 1. The van der Waals surface area contributed by atoms with Crippen LogP contribution in [0.1, 0.15) is 18.4 Å². The Morgan fingerprint density at radius 2 is 2.00 bits per heavy atom. The molecule has 0 spiro atoms. The first-order valence-electron chi connectivity index (χ1n) is 8.92. The van der Waals surface area contributed by atoms with Crippen molar-refractivity contribution in [1.82, 2.24) is 15.1 Å². The zero-order valence-electron chi connectivity index (χ0n) is 15.2. The summed E-state index contributed by atoms with van der Waals surface area (Å²) in [6.07, 6.45) is 2.83. The fourth-order valence-corrected chi connectivity index (χ4v) is 3.88. The molecule has 2 heterocycles. The summed E-state index contributed by atoms with van der Waals surface area (Å²) in [6, 6.07) is 7.58. The number of nitrogens with one attached hydrogen (secondary N) is 1. The van der Waals surface area contributed by atoms with Crippen LogP contribution in [0.5, 0.6) is 5.75 Å². The molecule has 2 N–H and O–H groups in total. The van der Waals surface area contributed by atoms with Crippen LogP contribution in [0.4, 0.5) is 8.78 Å². The molecule has 146 valence electrons. The average molecular weight is 387 g/mol. The molecule has 0 radical (unpaired) electrons. The molecule has 0 bridgehead atoms. The van der Waals surface area contributed by atoms with Gasteiger partial charge in [-0.2, -0.15) is 9.49 Å². The third kappa shape index (κ3) is 2.80. The number of methoxy groups -OCH3 is 1. The number of ether oxygens (including phenoxy) is 1. The Kier molecular flexibility index (Phi) is 4.50. The maximum Gasteiger partial charge on any atom is 0.316 e. The quantitative estimate of drug-likeness (QED) is 0.676. The molecule has 0 saturated carbocycles. The molecule has 0 unspecified atom stereocenters. The van der Waals surface area contributed by atoms with Crippen LogP contribution in [-0.2, 0) is 14.9 Å². The largest absolute Gasteiger partial charge is 0.505 e. The number of carbonyl (C=O) groups is 1. The molecule has 6 nitrogen and oxygen atoms in total. The van der Waals surface area contributed by atoms with E-state index in [2.05, 4.69) is 10.4 Å². The standard InChI is InChI=1S/C20H19F2N3O3/c1-28-19(27)20(4-6-23-7-5-20)13-2-3-16-12(8-13)11-24-25(16)14-9-15(21)18(22)17(26)10-14/h2-3,8-11,23,26H,4-7H2,1H3. The fraction of sp³-hybridized carbons (Fsp3) is 0.300. The van der Waals surface area contributed by atoms with Crippen LogP contribution in [0.3, 0.4) is 0 Å². The lowest BCUT2D eigenvalue weighted by Crippen LogP contribution is -2.46. The van der Waals surface area contributed by atoms with E-state index < -0.39 is 22.8 Å². The van der Waals surface area contributed by atoms with Gasteiger partial charge >= 0.3 is 5.97 Å². The predicted octanol–water partition coefficient (Wildman–Crippen LogP) is 2.80. The van der Waals surface area contributed by atoms with E-state index in [1.165, 1.54) is 11.8 Å². The summed E-state index contributed by atoms with van der Waals surface area (Å²) >= 11 is 0. The van der Waals surface area contributed by atoms with Gasteiger partial charge in [-0.05, 0) is 43.6 Å². The van der Waals surface area contributed by atoms with Crippen LogP contribution in [0, 0.1) is 11.6 Å². The van der Waals surface area contributed by atoms with E-state index in [-0.39, 0.29) is 11.7 Å². The van der Waals surface area contributed by atoms with Crippen LogP contribution in [0.2, 0.25) is 0 Å². The minimum absolute atomic E-state index is 0.198. The van der Waals surface area contributed by atoms with Crippen molar-refractivity contribution in [2.45, 2.75) is 18.3 Å². The molecule has 1 aromatic heterocycles. The summed E-state index contributed by atoms with van der Waals surface area (Å²) < 4.78 is 33.5. The number of aromatic hydroxyl groups is 1. The highest BCUT2D eigenvalue weighted by Crippen LogP contribution is 2.36. The van der Waals surface area contributed by atoms with Crippen molar-refractivity contribution in [3.8, 4) is 11.4 Å². The minimum Gasteiger partial charge on any atom is -0.505 e. The molecule has 0 atom stereocenters. The Hall–Kier alpha value is -3.00. The lowest BCUT2D eigenvalue weighted by atomic mass is 9.73. The number of phenols is 1. The number of hydrogen-bond donors (Lipinski definition) is 2. The number of carbonyl (C=O) groups excluding carboxylic acids is 1. The predicted molar refractivity (Wildman–Crippen MR) is 98.4 cm³/mol. The maximum atomic E-state index is 13.7. The zero-order valence-corrected chi connectivity index (χ0v) is 15.2. The Morgan fingerprint density at radius 3 is 2.68 bits per heavy atom. The van der Waals surface area contributed by atoms with Gasteiger partial charge in [0.1, 0.15) is 0 Å². The molecule has 4 rings (SSSR count). The number of halogens is 2. The minimum atomic E-state index is -1.30. The Morgan fingerprint density at radius 1 is 1.25 bits per heavy atom. The number of hydrogen-bond acceptors (Lipinski definition) is 5.